The van der Waals surface area contributed by atoms with Crippen LogP contribution in [0.2, 0.25) is 0 Å². The Balaban J connectivity index is 1.86. The van der Waals surface area contributed by atoms with Crippen molar-refractivity contribution in [3.8, 4) is 0 Å². The van der Waals surface area contributed by atoms with E-state index in [4.69, 9.17) is 9.47 Å². The van der Waals surface area contributed by atoms with Gasteiger partial charge in [-0.15, -0.1) is 0 Å². The van der Waals surface area contributed by atoms with Crippen LogP contribution in [0.4, 0.5) is 4.39 Å². The van der Waals surface area contributed by atoms with Crippen molar-refractivity contribution in [2.75, 3.05) is 12.4 Å². The summed E-state index contributed by atoms with van der Waals surface area (Å²) in [5.74, 6) is -1.72. The maximum absolute atomic E-state index is 14.3. The number of hydrogen-bond donors (Lipinski definition) is 1. The molecule has 0 aliphatic carbocycles. The summed E-state index contributed by atoms with van der Waals surface area (Å²) < 4.78 is 50.8. The molecule has 1 aromatic carbocycles. The molecule has 1 saturated heterocycles. The highest BCUT2D eigenvalue weighted by Crippen LogP contribution is 2.39. The second-order valence-electron chi connectivity index (χ2n) is 7.56. The molecule has 1 aliphatic rings. The molecule has 1 fully saturated rings. The largest absolute Gasteiger partial charge is 0.350 e. The Labute approximate surface area is 172 Å². The minimum atomic E-state index is -3.50. The van der Waals surface area contributed by atoms with Crippen LogP contribution in [0.1, 0.15) is 58.1 Å². The minimum absolute atomic E-state index is 0.0332. The zero-order valence-corrected chi connectivity index (χ0v) is 18.0. The van der Waals surface area contributed by atoms with E-state index < -0.39 is 27.8 Å². The van der Waals surface area contributed by atoms with Crippen molar-refractivity contribution in [1.29, 1.82) is 0 Å². The number of carbonyl (C=O) groups is 1. The van der Waals surface area contributed by atoms with Gasteiger partial charge < -0.3 is 9.47 Å². The highest BCUT2D eigenvalue weighted by Gasteiger charge is 2.37. The number of hydrogen-bond acceptors (Lipinski definition) is 5. The first-order chi connectivity index (χ1) is 13.6. The Hall–Kier alpha value is -1.77. The molecule has 2 atom stereocenters. The van der Waals surface area contributed by atoms with E-state index in [1.807, 2.05) is 30.7 Å². The van der Waals surface area contributed by atoms with Crippen molar-refractivity contribution < 1.29 is 27.1 Å². The lowest BCUT2D eigenvalue weighted by molar-refractivity contribution is -0.295. The lowest BCUT2D eigenvalue weighted by Gasteiger charge is -2.41. The molecular weight excluding hydrogens is 397 g/mol. The van der Waals surface area contributed by atoms with E-state index in [2.05, 4.69) is 0 Å². The molecule has 1 amide bonds. The third-order valence-corrected chi connectivity index (χ3v) is 6.02. The standard InChI is InChI=1S/C21H30FNO5S/c1-4-29(25,26)23-19(24)14-8-6-5-7-11-16-15-27-21(2,3)28-20(16)17-12-9-10-13-18(17)22/h5,7,9-10,12-13,16,20H,4,6,8,11,14-15H2,1-3H3,(H,23,24)/t16-,20+/m1/s1. The molecule has 162 valence electrons. The fourth-order valence-corrected chi connectivity index (χ4v) is 3.71. The molecule has 2 rings (SSSR count). The lowest BCUT2D eigenvalue weighted by Crippen LogP contribution is -2.41. The number of unbranched alkanes of at least 4 members (excludes halogenated alkanes) is 1. The van der Waals surface area contributed by atoms with Crippen molar-refractivity contribution >= 4 is 15.9 Å². The van der Waals surface area contributed by atoms with Gasteiger partial charge in [-0.25, -0.2) is 12.8 Å². The fourth-order valence-electron chi connectivity index (χ4n) is 3.11. The van der Waals surface area contributed by atoms with Crippen molar-refractivity contribution in [2.45, 2.75) is 58.3 Å². The summed E-state index contributed by atoms with van der Waals surface area (Å²) in [5.41, 5.74) is 0.524. The van der Waals surface area contributed by atoms with Crippen LogP contribution < -0.4 is 4.72 Å². The zero-order chi connectivity index (χ0) is 21.5. The average Bonchev–Trinajstić information content (AvgIpc) is 2.65. The van der Waals surface area contributed by atoms with Gasteiger partial charge in [-0.1, -0.05) is 30.4 Å². The third kappa shape index (κ3) is 7.53. The number of sulfonamides is 1. The maximum Gasteiger partial charge on any atom is 0.234 e. The van der Waals surface area contributed by atoms with Crippen molar-refractivity contribution in [1.82, 2.24) is 4.72 Å². The summed E-state index contributed by atoms with van der Waals surface area (Å²) >= 11 is 0. The summed E-state index contributed by atoms with van der Waals surface area (Å²) in [5, 5.41) is 0. The van der Waals surface area contributed by atoms with Gasteiger partial charge in [0.25, 0.3) is 0 Å². The molecule has 6 nitrogen and oxygen atoms in total. The molecule has 1 heterocycles. The van der Waals surface area contributed by atoms with E-state index in [9.17, 15) is 17.6 Å². The quantitative estimate of drug-likeness (QED) is 0.478. The Morgan fingerprint density at radius 1 is 1.31 bits per heavy atom. The monoisotopic (exact) mass is 427 g/mol. The van der Waals surface area contributed by atoms with Crippen LogP contribution in [0.15, 0.2) is 36.4 Å². The molecule has 0 unspecified atom stereocenters. The summed E-state index contributed by atoms with van der Waals surface area (Å²) in [6, 6.07) is 6.61. The Kier molecular flexibility index (Phi) is 8.36. The Morgan fingerprint density at radius 2 is 2.03 bits per heavy atom. The fraction of sp³-hybridized carbons (Fsp3) is 0.571. The molecule has 1 aliphatic heterocycles. The highest BCUT2D eigenvalue weighted by molar-refractivity contribution is 7.90. The van der Waals surface area contributed by atoms with Crippen LogP contribution in [0.5, 0.6) is 0 Å². The SMILES string of the molecule is CCS(=O)(=O)NC(=O)CCCC=CC[C@@H]1COC(C)(C)O[C@@H]1c1ccccc1F. The van der Waals surface area contributed by atoms with Gasteiger partial charge >= 0.3 is 0 Å². The Bertz CT molecular complexity index is 822. The number of nitrogens with one attached hydrogen (secondary N) is 1. The molecule has 8 heteroatoms. The maximum atomic E-state index is 14.3. The summed E-state index contributed by atoms with van der Waals surface area (Å²) in [6.45, 7) is 5.56. The van der Waals surface area contributed by atoms with Crippen LogP contribution in [0, 0.1) is 11.7 Å². The van der Waals surface area contributed by atoms with E-state index in [0.717, 1.165) is 0 Å². The average molecular weight is 428 g/mol. The minimum Gasteiger partial charge on any atom is -0.350 e. The second kappa shape index (κ2) is 10.3. The van der Waals surface area contributed by atoms with Gasteiger partial charge in [-0.05, 0) is 46.1 Å². The van der Waals surface area contributed by atoms with Crippen LogP contribution in [-0.4, -0.2) is 32.5 Å². The summed E-state index contributed by atoms with van der Waals surface area (Å²) in [7, 11) is -3.50. The lowest BCUT2D eigenvalue weighted by atomic mass is 9.91. The number of carbonyl (C=O) groups excluding carboxylic acids is 1. The normalized spacial score (nSPS) is 21.9. The van der Waals surface area contributed by atoms with Crippen molar-refractivity contribution in [2.24, 2.45) is 5.92 Å². The van der Waals surface area contributed by atoms with Crippen LogP contribution >= 0.6 is 0 Å². The molecule has 1 aromatic rings. The number of benzene rings is 1. The van der Waals surface area contributed by atoms with Gasteiger partial charge in [-0.3, -0.25) is 9.52 Å². The molecular formula is C21H30FNO5S. The predicted molar refractivity (Wildman–Crippen MR) is 109 cm³/mol. The molecule has 0 spiro atoms. The van der Waals surface area contributed by atoms with E-state index in [-0.39, 0.29) is 23.9 Å². The third-order valence-electron chi connectivity index (χ3n) is 4.73. The zero-order valence-electron chi connectivity index (χ0n) is 17.2. The van der Waals surface area contributed by atoms with Crippen LogP contribution in [-0.2, 0) is 24.3 Å². The number of ether oxygens (including phenoxy) is 2. The van der Waals surface area contributed by atoms with Crippen molar-refractivity contribution in [3.05, 3.63) is 47.8 Å². The first kappa shape index (κ1) is 23.5. The number of rotatable bonds is 9. The van der Waals surface area contributed by atoms with Gasteiger partial charge in [0.1, 0.15) is 5.82 Å². The van der Waals surface area contributed by atoms with Gasteiger partial charge in [-0.2, -0.15) is 0 Å². The smallest absolute Gasteiger partial charge is 0.234 e. The Morgan fingerprint density at radius 3 is 2.72 bits per heavy atom. The van der Waals surface area contributed by atoms with E-state index in [0.29, 0.717) is 31.4 Å². The van der Waals surface area contributed by atoms with E-state index >= 15 is 0 Å². The topological polar surface area (TPSA) is 81.7 Å². The van der Waals surface area contributed by atoms with Gasteiger partial charge in [0.2, 0.25) is 15.9 Å². The number of halogens is 1. The highest BCUT2D eigenvalue weighted by atomic mass is 32.2. The molecule has 0 bridgehead atoms. The first-order valence-electron chi connectivity index (χ1n) is 9.88. The van der Waals surface area contributed by atoms with E-state index in [1.165, 1.54) is 13.0 Å². The molecule has 0 radical (unpaired) electrons. The van der Waals surface area contributed by atoms with Gasteiger partial charge in [0.15, 0.2) is 5.79 Å². The van der Waals surface area contributed by atoms with Crippen LogP contribution in [0.25, 0.3) is 0 Å². The molecule has 29 heavy (non-hydrogen) atoms. The summed E-state index contributed by atoms with van der Waals surface area (Å²) in [4.78, 5) is 11.6. The molecule has 0 aromatic heterocycles. The van der Waals surface area contributed by atoms with Crippen LogP contribution in [0.3, 0.4) is 0 Å². The first-order valence-corrected chi connectivity index (χ1v) is 11.5. The second-order valence-corrected chi connectivity index (χ2v) is 9.57. The van der Waals surface area contributed by atoms with E-state index in [1.54, 1.807) is 18.2 Å². The molecule has 0 saturated carbocycles. The van der Waals surface area contributed by atoms with Crippen molar-refractivity contribution in [3.63, 3.8) is 0 Å². The van der Waals surface area contributed by atoms with Gasteiger partial charge in [0, 0.05) is 17.9 Å². The van der Waals surface area contributed by atoms with Gasteiger partial charge in [0.05, 0.1) is 18.5 Å². The number of amides is 1. The predicted octanol–water partition coefficient (Wildman–Crippen LogP) is 3.85. The number of allylic oxidation sites excluding steroid dienone is 2. The molecule has 1 N–H and O–H groups in total. The summed E-state index contributed by atoms with van der Waals surface area (Å²) in [6.07, 6.45) is 5.49.